The topological polar surface area (TPSA) is 25.2 Å². The molecular weight excluding hydrogens is 316 g/mol. The Kier molecular flexibility index (Phi) is 4.66. The molecule has 0 amide bonds. The van der Waals surface area contributed by atoms with Gasteiger partial charge in [-0.1, -0.05) is 54.4 Å². The Bertz CT molecular complexity index is 934. The zero-order valence-electron chi connectivity index (χ0n) is 15.4. The molecule has 0 saturated heterocycles. The highest BCUT2D eigenvalue weighted by molar-refractivity contribution is 6.14. The summed E-state index contributed by atoms with van der Waals surface area (Å²) >= 11 is 0. The first-order valence-corrected chi connectivity index (χ1v) is 9.38. The number of aromatic nitrogens is 1. The highest BCUT2D eigenvalue weighted by Crippen LogP contribution is 2.41. The zero-order valence-corrected chi connectivity index (χ0v) is 15.4. The van der Waals surface area contributed by atoms with Crippen molar-refractivity contribution in [3.63, 3.8) is 0 Å². The molecule has 2 nitrogen and oxygen atoms in total. The average molecular weight is 340 g/mol. The van der Waals surface area contributed by atoms with Crippen LogP contribution in [0.15, 0.2) is 72.0 Å². The largest absolute Gasteiger partial charge is 0.264 e. The van der Waals surface area contributed by atoms with Crippen molar-refractivity contribution in [2.45, 2.75) is 39.0 Å². The molecule has 26 heavy (non-hydrogen) atoms. The van der Waals surface area contributed by atoms with Gasteiger partial charge in [-0.3, -0.25) is 4.98 Å². The number of rotatable bonds is 4. The molecule has 1 aromatic heterocycles. The van der Waals surface area contributed by atoms with Crippen LogP contribution in [0.25, 0.3) is 0 Å². The van der Waals surface area contributed by atoms with E-state index < -0.39 is 0 Å². The number of aliphatic imine (C=N–C) groups is 1. The first kappa shape index (κ1) is 16.7. The van der Waals surface area contributed by atoms with Crippen LogP contribution >= 0.6 is 0 Å². The van der Waals surface area contributed by atoms with Gasteiger partial charge in [-0.2, -0.15) is 0 Å². The summed E-state index contributed by atoms with van der Waals surface area (Å²) in [6.45, 7) is 4.22. The van der Waals surface area contributed by atoms with Gasteiger partial charge in [-0.15, -0.1) is 0 Å². The van der Waals surface area contributed by atoms with Crippen LogP contribution in [-0.4, -0.2) is 10.7 Å². The molecule has 0 aliphatic heterocycles. The second-order valence-electron chi connectivity index (χ2n) is 7.20. The second kappa shape index (κ2) is 7.25. The van der Waals surface area contributed by atoms with Gasteiger partial charge in [0.25, 0.3) is 0 Å². The maximum atomic E-state index is 5.18. The SMILES string of the molecule is Cc1ccc(C(=Nc2ccccc2C2CCC2)c2ccncc2C)cc1. The highest BCUT2D eigenvalue weighted by atomic mass is 14.8. The van der Waals surface area contributed by atoms with Crippen LogP contribution in [0.4, 0.5) is 5.69 Å². The summed E-state index contributed by atoms with van der Waals surface area (Å²) in [5, 5.41) is 0. The van der Waals surface area contributed by atoms with Gasteiger partial charge < -0.3 is 0 Å². The van der Waals surface area contributed by atoms with Crippen LogP contribution in [0.5, 0.6) is 0 Å². The average Bonchev–Trinajstić information content (AvgIpc) is 2.61. The lowest BCUT2D eigenvalue weighted by molar-refractivity contribution is 0.420. The van der Waals surface area contributed by atoms with E-state index in [-0.39, 0.29) is 0 Å². The van der Waals surface area contributed by atoms with Gasteiger partial charge in [0.2, 0.25) is 0 Å². The fraction of sp³-hybridized carbons (Fsp3) is 0.250. The van der Waals surface area contributed by atoms with Crippen LogP contribution in [0.3, 0.4) is 0 Å². The Labute approximate surface area is 155 Å². The van der Waals surface area contributed by atoms with E-state index in [9.17, 15) is 0 Å². The molecule has 4 rings (SSSR count). The van der Waals surface area contributed by atoms with Gasteiger partial charge in [0.05, 0.1) is 11.4 Å². The molecule has 2 aromatic carbocycles. The van der Waals surface area contributed by atoms with E-state index in [1.54, 1.807) is 0 Å². The second-order valence-corrected chi connectivity index (χ2v) is 7.20. The van der Waals surface area contributed by atoms with Gasteiger partial charge in [-0.05, 0) is 55.9 Å². The lowest BCUT2D eigenvalue weighted by Crippen LogP contribution is -2.10. The van der Waals surface area contributed by atoms with E-state index in [0.29, 0.717) is 5.92 Å². The Morgan fingerprint density at radius 3 is 2.42 bits per heavy atom. The van der Waals surface area contributed by atoms with Gasteiger partial charge in [0, 0.05) is 23.5 Å². The monoisotopic (exact) mass is 340 g/mol. The Morgan fingerprint density at radius 1 is 0.962 bits per heavy atom. The Morgan fingerprint density at radius 2 is 1.73 bits per heavy atom. The van der Waals surface area contributed by atoms with Crippen molar-refractivity contribution in [2.24, 2.45) is 4.99 Å². The Hall–Kier alpha value is -2.74. The lowest BCUT2D eigenvalue weighted by Gasteiger charge is -2.27. The van der Waals surface area contributed by atoms with Gasteiger partial charge in [0.15, 0.2) is 0 Å². The zero-order chi connectivity index (χ0) is 17.9. The first-order chi connectivity index (χ1) is 12.7. The van der Waals surface area contributed by atoms with E-state index in [4.69, 9.17) is 4.99 Å². The van der Waals surface area contributed by atoms with Crippen LogP contribution in [0, 0.1) is 13.8 Å². The molecule has 0 bridgehead atoms. The summed E-state index contributed by atoms with van der Waals surface area (Å²) in [6, 6.07) is 19.3. The maximum Gasteiger partial charge on any atom is 0.0785 e. The van der Waals surface area contributed by atoms with E-state index in [2.05, 4.69) is 73.4 Å². The lowest BCUT2D eigenvalue weighted by atomic mass is 9.79. The molecule has 0 atom stereocenters. The highest BCUT2D eigenvalue weighted by Gasteiger charge is 2.22. The standard InChI is InChI=1S/C24H24N2/c1-17-10-12-20(13-11-17)24(21-14-15-25-16-18(21)2)26-23-9-4-3-8-22(23)19-6-5-7-19/h3-4,8-16,19H,5-7H2,1-2H3. The summed E-state index contributed by atoms with van der Waals surface area (Å²) in [6.07, 6.45) is 7.65. The maximum absolute atomic E-state index is 5.18. The van der Waals surface area contributed by atoms with E-state index in [1.807, 2.05) is 12.4 Å². The summed E-state index contributed by atoms with van der Waals surface area (Å²) < 4.78 is 0. The molecule has 0 radical (unpaired) electrons. The molecule has 1 aliphatic carbocycles. The van der Waals surface area contributed by atoms with E-state index in [1.165, 1.54) is 30.4 Å². The number of pyridine rings is 1. The number of benzene rings is 2. The predicted molar refractivity (Wildman–Crippen MR) is 108 cm³/mol. The van der Waals surface area contributed by atoms with Crippen molar-refractivity contribution >= 4 is 11.4 Å². The molecular formula is C24H24N2. The summed E-state index contributed by atoms with van der Waals surface area (Å²) in [5.41, 5.74) is 8.21. The fourth-order valence-corrected chi connectivity index (χ4v) is 3.51. The third-order valence-corrected chi connectivity index (χ3v) is 5.31. The number of aryl methyl sites for hydroxylation is 2. The molecule has 1 fully saturated rings. The quantitative estimate of drug-likeness (QED) is 0.524. The van der Waals surface area contributed by atoms with Crippen molar-refractivity contribution < 1.29 is 0 Å². The van der Waals surface area contributed by atoms with Crippen molar-refractivity contribution in [3.8, 4) is 0 Å². The van der Waals surface area contributed by atoms with Crippen molar-refractivity contribution in [1.29, 1.82) is 0 Å². The van der Waals surface area contributed by atoms with E-state index >= 15 is 0 Å². The molecule has 1 saturated carbocycles. The minimum absolute atomic E-state index is 0.660. The summed E-state index contributed by atoms with van der Waals surface area (Å²) in [7, 11) is 0. The number of hydrogen-bond acceptors (Lipinski definition) is 2. The molecule has 1 aliphatic rings. The molecule has 3 aromatic rings. The van der Waals surface area contributed by atoms with Gasteiger partial charge in [0.1, 0.15) is 0 Å². The number of hydrogen-bond donors (Lipinski definition) is 0. The van der Waals surface area contributed by atoms with Crippen molar-refractivity contribution in [1.82, 2.24) is 4.98 Å². The normalized spacial score (nSPS) is 14.9. The van der Waals surface area contributed by atoms with E-state index in [0.717, 1.165) is 28.1 Å². The minimum atomic E-state index is 0.660. The Balaban J connectivity index is 1.87. The van der Waals surface area contributed by atoms with Crippen molar-refractivity contribution in [3.05, 3.63) is 94.8 Å². The minimum Gasteiger partial charge on any atom is -0.264 e. The number of nitrogens with zero attached hydrogens (tertiary/aromatic N) is 2. The smallest absolute Gasteiger partial charge is 0.0785 e. The summed E-state index contributed by atoms with van der Waals surface area (Å²) in [5.74, 6) is 0.660. The third kappa shape index (κ3) is 3.32. The fourth-order valence-electron chi connectivity index (χ4n) is 3.51. The molecule has 130 valence electrons. The predicted octanol–water partition coefficient (Wildman–Crippen LogP) is 6.14. The van der Waals surface area contributed by atoms with Gasteiger partial charge in [-0.25, -0.2) is 4.99 Å². The number of para-hydroxylation sites is 1. The molecule has 1 heterocycles. The molecule has 0 N–H and O–H groups in total. The van der Waals surface area contributed by atoms with Crippen LogP contribution in [-0.2, 0) is 0 Å². The molecule has 0 spiro atoms. The van der Waals surface area contributed by atoms with Crippen LogP contribution in [0.1, 0.15) is 53.0 Å². The first-order valence-electron chi connectivity index (χ1n) is 9.38. The van der Waals surface area contributed by atoms with Crippen molar-refractivity contribution in [2.75, 3.05) is 0 Å². The van der Waals surface area contributed by atoms with Crippen LogP contribution < -0.4 is 0 Å². The third-order valence-electron chi connectivity index (χ3n) is 5.31. The summed E-state index contributed by atoms with van der Waals surface area (Å²) in [4.78, 5) is 9.44. The van der Waals surface area contributed by atoms with Gasteiger partial charge >= 0.3 is 0 Å². The molecule has 2 heteroatoms. The van der Waals surface area contributed by atoms with Crippen LogP contribution in [0.2, 0.25) is 0 Å². The molecule has 0 unspecified atom stereocenters.